The molecule has 1 atom stereocenters. The van der Waals surface area contributed by atoms with Crippen LogP contribution in [0.5, 0.6) is 0 Å². The molecule has 0 unspecified atom stereocenters. The largest absolute Gasteiger partial charge is 0.396 e. The number of rotatable bonds is 2. The Balaban J connectivity index is 0.00000132. The predicted octanol–water partition coefficient (Wildman–Crippen LogP) is 1.93. The second-order valence-electron chi connectivity index (χ2n) is 5.96. The number of anilines is 3. The number of piperidine rings is 1. The molecule has 8 heteroatoms. The fourth-order valence-electron chi connectivity index (χ4n) is 3.23. The molecule has 0 bridgehead atoms. The summed E-state index contributed by atoms with van der Waals surface area (Å²) >= 11 is 0. The molecular weight excluding hydrogens is 337 g/mol. The number of amides is 1. The van der Waals surface area contributed by atoms with Crippen LogP contribution in [-0.2, 0) is 4.79 Å². The van der Waals surface area contributed by atoms with E-state index >= 15 is 0 Å². The van der Waals surface area contributed by atoms with Gasteiger partial charge in [-0.15, -0.1) is 24.8 Å². The van der Waals surface area contributed by atoms with Gasteiger partial charge >= 0.3 is 0 Å². The van der Waals surface area contributed by atoms with Gasteiger partial charge in [-0.25, -0.2) is 4.98 Å². The van der Waals surface area contributed by atoms with Gasteiger partial charge in [-0.3, -0.25) is 4.79 Å². The highest BCUT2D eigenvalue weighted by Gasteiger charge is 2.30. The molecule has 3 rings (SSSR count). The molecule has 0 spiro atoms. The van der Waals surface area contributed by atoms with E-state index in [2.05, 4.69) is 9.88 Å². The summed E-state index contributed by atoms with van der Waals surface area (Å²) in [6.45, 7) is 3.48. The number of nitrogens with two attached hydrogens (primary N) is 2. The highest BCUT2D eigenvalue weighted by molar-refractivity contribution is 5.85. The summed E-state index contributed by atoms with van der Waals surface area (Å²) in [5.74, 6) is 1.57. The topological polar surface area (TPSA) is 88.5 Å². The Kier molecular flexibility index (Phi) is 7.22. The van der Waals surface area contributed by atoms with Crippen LogP contribution in [-0.4, -0.2) is 42.0 Å². The van der Waals surface area contributed by atoms with Crippen LogP contribution in [0.2, 0.25) is 0 Å². The van der Waals surface area contributed by atoms with Gasteiger partial charge in [0.2, 0.25) is 5.91 Å². The lowest BCUT2D eigenvalue weighted by Gasteiger charge is -2.34. The Labute approximate surface area is 149 Å². The summed E-state index contributed by atoms with van der Waals surface area (Å²) in [4.78, 5) is 21.0. The predicted molar refractivity (Wildman–Crippen MR) is 98.3 cm³/mol. The minimum Gasteiger partial charge on any atom is -0.396 e. The molecule has 2 fully saturated rings. The molecule has 3 heterocycles. The molecule has 2 aliphatic rings. The van der Waals surface area contributed by atoms with Crippen LogP contribution in [0.25, 0.3) is 0 Å². The molecule has 1 amide bonds. The van der Waals surface area contributed by atoms with Crippen molar-refractivity contribution in [2.45, 2.75) is 25.7 Å². The lowest BCUT2D eigenvalue weighted by atomic mass is 9.96. The standard InChI is InChI=1S/C15H23N5O.2ClH/c16-12-5-6-13(18-14(12)17)20-9-3-4-11(10-20)15(21)19-7-1-2-8-19;;/h5-6,11H,1-4,7-10,16H2,(H2,17,18);2*1H/t11-;;/m1../s1. The van der Waals surface area contributed by atoms with E-state index in [0.29, 0.717) is 17.4 Å². The molecule has 23 heavy (non-hydrogen) atoms. The van der Waals surface area contributed by atoms with Crippen molar-refractivity contribution < 1.29 is 4.79 Å². The van der Waals surface area contributed by atoms with Crippen molar-refractivity contribution in [2.24, 2.45) is 5.92 Å². The van der Waals surface area contributed by atoms with Gasteiger partial charge in [0.25, 0.3) is 0 Å². The van der Waals surface area contributed by atoms with Crippen molar-refractivity contribution in [3.63, 3.8) is 0 Å². The van der Waals surface area contributed by atoms with Crippen LogP contribution in [0, 0.1) is 5.92 Å². The van der Waals surface area contributed by atoms with Crippen molar-refractivity contribution in [1.82, 2.24) is 9.88 Å². The number of hydrogen-bond donors (Lipinski definition) is 2. The molecule has 6 nitrogen and oxygen atoms in total. The van der Waals surface area contributed by atoms with E-state index in [1.807, 2.05) is 11.0 Å². The van der Waals surface area contributed by atoms with Crippen LogP contribution >= 0.6 is 24.8 Å². The van der Waals surface area contributed by atoms with E-state index in [9.17, 15) is 4.79 Å². The molecule has 1 aromatic heterocycles. The SMILES string of the molecule is Cl.Cl.Nc1ccc(N2CCC[C@@H](C(=O)N3CCCC3)C2)nc1N. The van der Waals surface area contributed by atoms with Gasteiger partial charge in [0.15, 0.2) is 0 Å². The van der Waals surface area contributed by atoms with Crippen LogP contribution in [0.3, 0.4) is 0 Å². The highest BCUT2D eigenvalue weighted by Crippen LogP contribution is 2.26. The minimum atomic E-state index is 0. The number of nitrogens with zero attached hydrogens (tertiary/aromatic N) is 3. The summed E-state index contributed by atoms with van der Waals surface area (Å²) in [6, 6.07) is 3.66. The lowest BCUT2D eigenvalue weighted by molar-refractivity contribution is -0.134. The lowest BCUT2D eigenvalue weighted by Crippen LogP contribution is -2.44. The molecule has 2 aliphatic heterocycles. The summed E-state index contributed by atoms with van der Waals surface area (Å²) in [7, 11) is 0. The van der Waals surface area contributed by atoms with Crippen molar-refractivity contribution in [3.05, 3.63) is 12.1 Å². The van der Waals surface area contributed by atoms with Crippen LogP contribution in [0.15, 0.2) is 12.1 Å². The smallest absolute Gasteiger partial charge is 0.227 e. The first kappa shape index (κ1) is 19.6. The van der Waals surface area contributed by atoms with Crippen molar-refractivity contribution >= 4 is 48.0 Å². The van der Waals surface area contributed by atoms with Crippen molar-refractivity contribution in [1.29, 1.82) is 0 Å². The molecule has 0 aromatic carbocycles. The average molecular weight is 362 g/mol. The zero-order valence-electron chi connectivity index (χ0n) is 13.1. The third kappa shape index (κ3) is 4.32. The number of nitrogen functional groups attached to an aromatic ring is 2. The van der Waals surface area contributed by atoms with Crippen molar-refractivity contribution in [2.75, 3.05) is 42.5 Å². The minimum absolute atomic E-state index is 0. The Morgan fingerprint density at radius 3 is 2.43 bits per heavy atom. The quantitative estimate of drug-likeness (QED) is 0.839. The van der Waals surface area contributed by atoms with Crippen LogP contribution < -0.4 is 16.4 Å². The fraction of sp³-hybridized carbons (Fsp3) is 0.600. The molecule has 130 valence electrons. The number of hydrogen-bond acceptors (Lipinski definition) is 5. The Morgan fingerprint density at radius 2 is 1.78 bits per heavy atom. The summed E-state index contributed by atoms with van der Waals surface area (Å²) in [5.41, 5.74) is 12.0. The van der Waals surface area contributed by atoms with Crippen molar-refractivity contribution in [3.8, 4) is 0 Å². The van der Waals surface area contributed by atoms with Crippen LogP contribution in [0.1, 0.15) is 25.7 Å². The molecular formula is C15H25Cl2N5O. The van der Waals surface area contributed by atoms with Gasteiger partial charge in [0.05, 0.1) is 11.6 Å². The van der Waals surface area contributed by atoms with Gasteiger partial charge < -0.3 is 21.3 Å². The normalized spacial score (nSPS) is 20.6. The van der Waals surface area contributed by atoms with E-state index in [-0.39, 0.29) is 30.7 Å². The summed E-state index contributed by atoms with van der Waals surface area (Å²) in [5, 5.41) is 0. The maximum Gasteiger partial charge on any atom is 0.227 e. The van der Waals surface area contributed by atoms with E-state index in [1.165, 1.54) is 0 Å². The second-order valence-corrected chi connectivity index (χ2v) is 5.96. The van der Waals surface area contributed by atoms with Gasteiger partial charge in [-0.1, -0.05) is 0 Å². The number of likely N-dealkylation sites (tertiary alicyclic amines) is 1. The zero-order valence-corrected chi connectivity index (χ0v) is 14.7. The Morgan fingerprint density at radius 1 is 1.09 bits per heavy atom. The maximum absolute atomic E-state index is 12.5. The fourth-order valence-corrected chi connectivity index (χ4v) is 3.23. The third-order valence-electron chi connectivity index (χ3n) is 4.46. The van der Waals surface area contributed by atoms with E-state index < -0.39 is 0 Å². The van der Waals surface area contributed by atoms with E-state index in [0.717, 1.165) is 57.7 Å². The first-order valence-corrected chi connectivity index (χ1v) is 7.71. The molecule has 0 radical (unpaired) electrons. The Bertz CT molecular complexity index is 537. The number of pyridine rings is 1. The second kappa shape index (κ2) is 8.45. The molecule has 4 N–H and O–H groups in total. The molecule has 0 saturated carbocycles. The van der Waals surface area contributed by atoms with Gasteiger partial charge in [0.1, 0.15) is 11.6 Å². The number of carbonyl (C=O) groups is 1. The van der Waals surface area contributed by atoms with Crippen LogP contribution in [0.4, 0.5) is 17.3 Å². The summed E-state index contributed by atoms with van der Waals surface area (Å²) in [6.07, 6.45) is 4.25. The van der Waals surface area contributed by atoms with Gasteiger partial charge in [0, 0.05) is 26.2 Å². The average Bonchev–Trinajstić information content (AvgIpc) is 3.04. The number of halogens is 2. The van der Waals surface area contributed by atoms with Gasteiger partial charge in [-0.2, -0.15) is 0 Å². The summed E-state index contributed by atoms with van der Waals surface area (Å²) < 4.78 is 0. The first-order valence-electron chi connectivity index (χ1n) is 7.71. The number of carbonyl (C=O) groups excluding carboxylic acids is 1. The molecule has 0 aliphatic carbocycles. The monoisotopic (exact) mass is 361 g/mol. The third-order valence-corrected chi connectivity index (χ3v) is 4.46. The number of aromatic nitrogens is 1. The highest BCUT2D eigenvalue weighted by atomic mass is 35.5. The molecule has 1 aromatic rings. The van der Waals surface area contributed by atoms with Gasteiger partial charge in [-0.05, 0) is 37.8 Å². The first-order chi connectivity index (χ1) is 10.1. The zero-order chi connectivity index (χ0) is 14.8. The maximum atomic E-state index is 12.5. The van der Waals surface area contributed by atoms with E-state index in [1.54, 1.807) is 6.07 Å². The molecule has 2 saturated heterocycles. The van der Waals surface area contributed by atoms with E-state index in [4.69, 9.17) is 11.5 Å². The Hall–Kier alpha value is -1.40.